The van der Waals surface area contributed by atoms with Crippen molar-refractivity contribution in [3.8, 4) is 0 Å². The number of rotatable bonds is 4. The summed E-state index contributed by atoms with van der Waals surface area (Å²) in [5.74, 6) is -1.04. The topological polar surface area (TPSA) is 69.7 Å². The van der Waals surface area contributed by atoms with Gasteiger partial charge in [-0.25, -0.2) is 22.0 Å². The smallest absolute Gasteiger partial charge is 0.317 e. The number of nitrogens with one attached hydrogen (secondary N) is 1. The Morgan fingerprint density at radius 3 is 2.43 bits per heavy atom. The molecule has 1 aliphatic heterocycles. The molecule has 0 aliphatic carbocycles. The second-order valence-electron chi connectivity index (χ2n) is 7.04. The van der Waals surface area contributed by atoms with E-state index in [0.717, 1.165) is 12.1 Å². The van der Waals surface area contributed by atoms with Crippen molar-refractivity contribution in [1.82, 2.24) is 14.5 Å². The standard InChI is InChI=1S/C20H22ClF2N3O3S/c1-14(15-3-8-19(23)18(21)13-15)24-20(27)25-9-2-10-26(12-11-25)30(28,29)17-6-4-16(22)5-7-17/h3-8,13-14H,2,9-12H2,1H3,(H,24,27). The SMILES string of the molecule is CC(NC(=O)N1CCCN(S(=O)(=O)c2ccc(F)cc2)CC1)c1ccc(F)c(Cl)c1. The largest absolute Gasteiger partial charge is 0.331 e. The highest BCUT2D eigenvalue weighted by molar-refractivity contribution is 7.89. The minimum Gasteiger partial charge on any atom is -0.331 e. The molecule has 0 spiro atoms. The molecule has 0 radical (unpaired) electrons. The fourth-order valence-electron chi connectivity index (χ4n) is 3.23. The lowest BCUT2D eigenvalue weighted by Crippen LogP contribution is -2.43. The number of halogens is 3. The zero-order valence-electron chi connectivity index (χ0n) is 16.3. The van der Waals surface area contributed by atoms with Crippen molar-refractivity contribution < 1.29 is 22.0 Å². The first-order valence-corrected chi connectivity index (χ1v) is 11.3. The average Bonchev–Trinajstić information content (AvgIpc) is 2.97. The van der Waals surface area contributed by atoms with Gasteiger partial charge in [-0.05, 0) is 55.3 Å². The predicted molar refractivity (Wildman–Crippen MR) is 110 cm³/mol. The molecule has 0 saturated carbocycles. The molecule has 3 rings (SSSR count). The van der Waals surface area contributed by atoms with Crippen LogP contribution in [0.3, 0.4) is 0 Å². The van der Waals surface area contributed by atoms with Crippen LogP contribution in [-0.2, 0) is 10.0 Å². The van der Waals surface area contributed by atoms with E-state index in [4.69, 9.17) is 11.6 Å². The molecule has 6 nitrogen and oxygen atoms in total. The molecule has 1 saturated heterocycles. The van der Waals surface area contributed by atoms with Crippen LogP contribution < -0.4 is 5.32 Å². The van der Waals surface area contributed by atoms with Gasteiger partial charge in [-0.15, -0.1) is 0 Å². The second kappa shape index (κ2) is 9.28. The summed E-state index contributed by atoms with van der Waals surface area (Å²) in [7, 11) is -3.77. The van der Waals surface area contributed by atoms with Gasteiger partial charge >= 0.3 is 6.03 Å². The molecule has 2 aromatic carbocycles. The van der Waals surface area contributed by atoms with Crippen molar-refractivity contribution in [2.75, 3.05) is 26.2 Å². The van der Waals surface area contributed by atoms with Gasteiger partial charge in [0.25, 0.3) is 0 Å². The van der Waals surface area contributed by atoms with Crippen LogP contribution in [0.2, 0.25) is 5.02 Å². The molecule has 1 N–H and O–H groups in total. The maximum atomic E-state index is 13.3. The van der Waals surface area contributed by atoms with Crippen LogP contribution in [0.4, 0.5) is 13.6 Å². The van der Waals surface area contributed by atoms with Gasteiger partial charge in [0, 0.05) is 26.2 Å². The number of hydrogen-bond acceptors (Lipinski definition) is 3. The normalized spacial score (nSPS) is 16.7. The van der Waals surface area contributed by atoms with Crippen molar-refractivity contribution in [3.05, 3.63) is 64.7 Å². The highest BCUT2D eigenvalue weighted by Gasteiger charge is 2.28. The third kappa shape index (κ3) is 5.08. The molecule has 2 aromatic rings. The van der Waals surface area contributed by atoms with Crippen molar-refractivity contribution in [2.24, 2.45) is 0 Å². The Kier molecular flexibility index (Phi) is 6.95. The molecular weight excluding hydrogens is 436 g/mol. The summed E-state index contributed by atoms with van der Waals surface area (Å²) in [5.41, 5.74) is 0.657. The molecule has 0 aromatic heterocycles. The van der Waals surface area contributed by atoms with Crippen LogP contribution in [-0.4, -0.2) is 49.8 Å². The van der Waals surface area contributed by atoms with Crippen molar-refractivity contribution in [2.45, 2.75) is 24.3 Å². The Hall–Kier alpha value is -2.23. The van der Waals surface area contributed by atoms with Crippen molar-refractivity contribution in [3.63, 3.8) is 0 Å². The monoisotopic (exact) mass is 457 g/mol. The molecule has 30 heavy (non-hydrogen) atoms. The summed E-state index contributed by atoms with van der Waals surface area (Å²) in [6.07, 6.45) is 0.463. The molecule has 0 bridgehead atoms. The van der Waals surface area contributed by atoms with Gasteiger partial charge in [0.1, 0.15) is 11.6 Å². The van der Waals surface area contributed by atoms with E-state index in [1.807, 2.05) is 0 Å². The number of benzene rings is 2. The minimum atomic E-state index is -3.77. The molecule has 1 heterocycles. The Balaban J connectivity index is 1.63. The minimum absolute atomic E-state index is 0.0172. The maximum absolute atomic E-state index is 13.3. The van der Waals surface area contributed by atoms with Gasteiger partial charge in [0.05, 0.1) is 16.0 Å². The molecule has 1 atom stereocenters. The van der Waals surface area contributed by atoms with Crippen LogP contribution in [0.25, 0.3) is 0 Å². The van der Waals surface area contributed by atoms with Crippen molar-refractivity contribution in [1.29, 1.82) is 0 Å². The molecule has 2 amide bonds. The molecule has 1 aliphatic rings. The molecule has 162 valence electrons. The second-order valence-corrected chi connectivity index (χ2v) is 9.39. The summed E-state index contributed by atoms with van der Waals surface area (Å²) in [6.45, 7) is 2.74. The number of urea groups is 1. The summed E-state index contributed by atoms with van der Waals surface area (Å²) < 4.78 is 53.3. The van der Waals surface area contributed by atoms with E-state index in [1.165, 1.54) is 28.6 Å². The summed E-state index contributed by atoms with van der Waals surface area (Å²) in [6, 6.07) is 8.17. The van der Waals surface area contributed by atoms with Crippen LogP contribution >= 0.6 is 11.6 Å². The molecule has 10 heteroatoms. The number of amides is 2. The number of nitrogens with zero attached hydrogens (tertiary/aromatic N) is 2. The maximum Gasteiger partial charge on any atom is 0.317 e. The Labute approximate surface area is 179 Å². The van der Waals surface area contributed by atoms with Crippen LogP contribution in [0.15, 0.2) is 47.4 Å². The summed E-state index contributed by atoms with van der Waals surface area (Å²) in [4.78, 5) is 14.2. The fourth-order valence-corrected chi connectivity index (χ4v) is 4.89. The Morgan fingerprint density at radius 1 is 1.07 bits per heavy atom. The van der Waals surface area contributed by atoms with Crippen LogP contribution in [0.1, 0.15) is 24.9 Å². The zero-order chi connectivity index (χ0) is 21.9. The van der Waals surface area contributed by atoms with E-state index < -0.39 is 27.7 Å². The molecular formula is C20H22ClF2N3O3S. The van der Waals surface area contributed by atoms with Gasteiger partial charge in [0.2, 0.25) is 10.0 Å². The first-order valence-electron chi connectivity index (χ1n) is 9.44. The summed E-state index contributed by atoms with van der Waals surface area (Å²) >= 11 is 5.80. The lowest BCUT2D eigenvalue weighted by Gasteiger charge is -2.24. The van der Waals surface area contributed by atoms with Gasteiger partial charge in [-0.1, -0.05) is 17.7 Å². The number of carbonyl (C=O) groups excluding carboxylic acids is 1. The number of carbonyl (C=O) groups is 1. The summed E-state index contributed by atoms with van der Waals surface area (Å²) in [5, 5.41) is 2.80. The van der Waals surface area contributed by atoms with Crippen LogP contribution in [0, 0.1) is 11.6 Å². The first-order chi connectivity index (χ1) is 14.2. The van der Waals surface area contributed by atoms with Gasteiger partial charge < -0.3 is 10.2 Å². The highest BCUT2D eigenvalue weighted by atomic mass is 35.5. The van der Waals surface area contributed by atoms with E-state index in [9.17, 15) is 22.0 Å². The van der Waals surface area contributed by atoms with Crippen LogP contribution in [0.5, 0.6) is 0 Å². The zero-order valence-corrected chi connectivity index (χ0v) is 17.9. The van der Waals surface area contributed by atoms with E-state index in [1.54, 1.807) is 17.9 Å². The van der Waals surface area contributed by atoms with E-state index in [-0.39, 0.29) is 35.6 Å². The fraction of sp³-hybridized carbons (Fsp3) is 0.350. The van der Waals surface area contributed by atoms with Gasteiger partial charge in [-0.3, -0.25) is 0 Å². The van der Waals surface area contributed by atoms with Gasteiger partial charge in [-0.2, -0.15) is 4.31 Å². The Bertz CT molecular complexity index is 1020. The Morgan fingerprint density at radius 2 is 1.77 bits per heavy atom. The quantitative estimate of drug-likeness (QED) is 0.759. The van der Waals surface area contributed by atoms with Gasteiger partial charge in [0.15, 0.2) is 0 Å². The molecule has 1 fully saturated rings. The third-order valence-corrected chi connectivity index (χ3v) is 7.18. The van der Waals surface area contributed by atoms with E-state index >= 15 is 0 Å². The number of sulfonamides is 1. The lowest BCUT2D eigenvalue weighted by atomic mass is 10.1. The third-order valence-electron chi connectivity index (χ3n) is 4.98. The molecule has 1 unspecified atom stereocenters. The predicted octanol–water partition coefficient (Wildman–Crippen LogP) is 3.79. The lowest BCUT2D eigenvalue weighted by molar-refractivity contribution is 0.197. The van der Waals surface area contributed by atoms with E-state index in [2.05, 4.69) is 5.32 Å². The number of hydrogen-bond donors (Lipinski definition) is 1. The van der Waals surface area contributed by atoms with E-state index in [0.29, 0.717) is 18.5 Å². The van der Waals surface area contributed by atoms with Crippen molar-refractivity contribution >= 4 is 27.7 Å². The highest BCUT2D eigenvalue weighted by Crippen LogP contribution is 2.22. The first kappa shape index (κ1) is 22.5. The average molecular weight is 458 g/mol.